The predicted octanol–water partition coefficient (Wildman–Crippen LogP) is 2.50. The number of ether oxygens (including phenoxy) is 2. The van der Waals surface area contributed by atoms with Gasteiger partial charge in [0.15, 0.2) is 11.5 Å². The highest BCUT2D eigenvalue weighted by Gasteiger charge is 2.55. The molecule has 10 heteroatoms. The predicted molar refractivity (Wildman–Crippen MR) is 147 cm³/mol. The number of carbonyl (C=O) groups excluding carboxylic acids is 3. The van der Waals surface area contributed by atoms with E-state index < -0.39 is 23.3 Å². The monoisotopic (exact) mass is 554 g/mol. The summed E-state index contributed by atoms with van der Waals surface area (Å²) in [6.45, 7) is 2.18. The number of piperidine rings is 1. The van der Waals surface area contributed by atoms with Crippen LogP contribution in [-0.4, -0.2) is 58.6 Å². The highest BCUT2D eigenvalue weighted by molar-refractivity contribution is 6.19. The molecule has 0 aliphatic carbocycles. The molecule has 2 bridgehead atoms. The topological polar surface area (TPSA) is 110 Å². The number of barbiturate groups is 1. The Kier molecular flexibility index (Phi) is 6.15. The van der Waals surface area contributed by atoms with Crippen LogP contribution in [0.25, 0.3) is 0 Å². The summed E-state index contributed by atoms with van der Waals surface area (Å²) in [7, 11) is 0. The summed E-state index contributed by atoms with van der Waals surface area (Å²) >= 11 is 0. The summed E-state index contributed by atoms with van der Waals surface area (Å²) in [5.74, 6) is 0.395. The fraction of sp³-hybridized carbons (Fsp3) is 0.355. The van der Waals surface area contributed by atoms with E-state index in [9.17, 15) is 19.2 Å². The van der Waals surface area contributed by atoms with E-state index in [4.69, 9.17) is 9.47 Å². The van der Waals surface area contributed by atoms with Crippen LogP contribution in [0.4, 0.5) is 4.79 Å². The zero-order valence-electron chi connectivity index (χ0n) is 22.5. The van der Waals surface area contributed by atoms with E-state index in [-0.39, 0.29) is 43.7 Å². The number of likely N-dealkylation sites (tertiary alicyclic amines) is 1. The number of hydrogen-bond donors (Lipinski definition) is 1. The second kappa shape index (κ2) is 9.88. The van der Waals surface area contributed by atoms with Crippen molar-refractivity contribution in [2.24, 2.45) is 11.3 Å². The van der Waals surface area contributed by atoms with Gasteiger partial charge >= 0.3 is 6.03 Å². The van der Waals surface area contributed by atoms with Gasteiger partial charge in [-0.3, -0.25) is 24.6 Å². The number of amides is 4. The molecule has 210 valence electrons. The minimum atomic E-state index is -1.54. The molecule has 1 aromatic heterocycles. The molecule has 4 aliphatic rings. The van der Waals surface area contributed by atoms with E-state index in [0.29, 0.717) is 31.1 Å². The fourth-order valence-corrected chi connectivity index (χ4v) is 6.90. The van der Waals surface area contributed by atoms with Crippen LogP contribution in [0, 0.1) is 11.3 Å². The lowest BCUT2D eigenvalue weighted by Crippen LogP contribution is -2.67. The van der Waals surface area contributed by atoms with Gasteiger partial charge in [0, 0.05) is 43.9 Å². The standard InChI is InChI=1S/C31H30N4O6/c36-27-8-4-7-24-23-11-22(16-34(24)27)14-33(17-23)18-31(13-21-9-10-25-26(12-21)41-19-40-25)28(37)32-30(39)35(29(31)38)15-20-5-2-1-3-6-20/h1-10,12,22-23H,11,13-19H2,(H,32,37,39)/t22-,23-,31-/m0/s1. The molecule has 10 nitrogen and oxygen atoms in total. The molecule has 0 spiro atoms. The van der Waals surface area contributed by atoms with Gasteiger partial charge in [-0.15, -0.1) is 0 Å². The maximum atomic E-state index is 14.4. The number of imide groups is 2. The van der Waals surface area contributed by atoms with Crippen molar-refractivity contribution < 1.29 is 23.9 Å². The van der Waals surface area contributed by atoms with Gasteiger partial charge in [-0.25, -0.2) is 4.79 Å². The van der Waals surface area contributed by atoms with Crippen LogP contribution in [-0.2, 0) is 29.1 Å². The number of urea groups is 1. The number of nitrogens with zero attached hydrogens (tertiary/aromatic N) is 3. The summed E-state index contributed by atoms with van der Waals surface area (Å²) in [5, 5.41) is 2.51. The minimum Gasteiger partial charge on any atom is -0.454 e. The molecule has 7 rings (SSSR count). The number of benzene rings is 2. The van der Waals surface area contributed by atoms with Crippen molar-refractivity contribution in [3.63, 3.8) is 0 Å². The van der Waals surface area contributed by atoms with Crippen molar-refractivity contribution in [3.05, 3.63) is 93.9 Å². The van der Waals surface area contributed by atoms with Gasteiger partial charge in [0.25, 0.3) is 5.56 Å². The average Bonchev–Trinajstić information content (AvgIpc) is 3.43. The first-order valence-corrected chi connectivity index (χ1v) is 13.9. The summed E-state index contributed by atoms with van der Waals surface area (Å²) in [5.41, 5.74) is 0.974. The number of hydrogen-bond acceptors (Lipinski definition) is 7. The van der Waals surface area contributed by atoms with Crippen LogP contribution in [0.1, 0.15) is 29.2 Å². The van der Waals surface area contributed by atoms with E-state index in [1.54, 1.807) is 24.3 Å². The molecule has 5 heterocycles. The zero-order chi connectivity index (χ0) is 28.1. The third-order valence-electron chi connectivity index (χ3n) is 8.73. The Morgan fingerprint density at radius 2 is 1.68 bits per heavy atom. The lowest BCUT2D eigenvalue weighted by atomic mass is 9.75. The summed E-state index contributed by atoms with van der Waals surface area (Å²) in [6, 6.07) is 19.3. The van der Waals surface area contributed by atoms with Crippen LogP contribution < -0.4 is 20.3 Å². The smallest absolute Gasteiger partial charge is 0.331 e. The van der Waals surface area contributed by atoms with E-state index in [2.05, 4.69) is 10.2 Å². The molecule has 2 saturated heterocycles. The molecule has 4 aliphatic heterocycles. The number of nitrogens with one attached hydrogen (secondary N) is 1. The Labute approximate surface area is 236 Å². The highest BCUT2D eigenvalue weighted by atomic mass is 16.7. The summed E-state index contributed by atoms with van der Waals surface area (Å²) in [4.78, 5) is 57.1. The molecule has 3 atom stereocenters. The fourth-order valence-electron chi connectivity index (χ4n) is 6.90. The maximum absolute atomic E-state index is 14.4. The maximum Gasteiger partial charge on any atom is 0.331 e. The van der Waals surface area contributed by atoms with Crippen molar-refractivity contribution in [3.8, 4) is 11.5 Å². The van der Waals surface area contributed by atoms with Crippen molar-refractivity contribution in [1.29, 1.82) is 0 Å². The van der Waals surface area contributed by atoms with Crippen molar-refractivity contribution in [2.75, 3.05) is 26.4 Å². The molecule has 1 N–H and O–H groups in total. The normalized spacial score (nSPS) is 25.2. The van der Waals surface area contributed by atoms with Crippen LogP contribution in [0.3, 0.4) is 0 Å². The van der Waals surface area contributed by atoms with Crippen molar-refractivity contribution in [2.45, 2.75) is 31.8 Å². The molecule has 4 amide bonds. The van der Waals surface area contributed by atoms with Crippen molar-refractivity contribution >= 4 is 17.8 Å². The Morgan fingerprint density at radius 1 is 0.854 bits per heavy atom. The van der Waals surface area contributed by atoms with Crippen LogP contribution in [0.5, 0.6) is 11.5 Å². The van der Waals surface area contributed by atoms with Gasteiger partial charge < -0.3 is 18.9 Å². The van der Waals surface area contributed by atoms with Gasteiger partial charge in [-0.05, 0) is 48.1 Å². The molecular formula is C31H30N4O6. The first kappa shape index (κ1) is 25.5. The quantitative estimate of drug-likeness (QED) is 0.467. The highest BCUT2D eigenvalue weighted by Crippen LogP contribution is 2.40. The van der Waals surface area contributed by atoms with Crippen LogP contribution in [0.2, 0.25) is 0 Å². The van der Waals surface area contributed by atoms with Gasteiger partial charge in [-0.1, -0.05) is 42.5 Å². The number of rotatable bonds is 6. The molecule has 0 unspecified atom stereocenters. The first-order valence-electron chi connectivity index (χ1n) is 13.9. The number of fused-ring (bicyclic) bond motifs is 5. The molecular weight excluding hydrogens is 524 g/mol. The number of pyridine rings is 1. The van der Waals surface area contributed by atoms with E-state index in [1.165, 1.54) is 0 Å². The molecule has 41 heavy (non-hydrogen) atoms. The van der Waals surface area contributed by atoms with Crippen molar-refractivity contribution in [1.82, 2.24) is 19.7 Å². The molecule has 0 saturated carbocycles. The lowest BCUT2D eigenvalue weighted by Gasteiger charge is -2.47. The first-order chi connectivity index (χ1) is 19.9. The Bertz CT molecular complexity index is 1600. The van der Waals surface area contributed by atoms with Gasteiger partial charge in [-0.2, -0.15) is 0 Å². The molecule has 0 radical (unpaired) electrons. The second-order valence-electron chi connectivity index (χ2n) is 11.5. The zero-order valence-corrected chi connectivity index (χ0v) is 22.5. The molecule has 3 aromatic rings. The number of aromatic nitrogens is 1. The third kappa shape index (κ3) is 4.48. The van der Waals surface area contributed by atoms with E-state index in [1.807, 2.05) is 47.0 Å². The van der Waals surface area contributed by atoms with Crippen LogP contribution >= 0.6 is 0 Å². The Balaban J connectivity index is 1.24. The minimum absolute atomic E-state index is 0.00170. The number of carbonyl (C=O) groups is 3. The average molecular weight is 555 g/mol. The van der Waals surface area contributed by atoms with E-state index in [0.717, 1.165) is 28.1 Å². The summed E-state index contributed by atoms with van der Waals surface area (Å²) < 4.78 is 12.9. The van der Waals surface area contributed by atoms with E-state index >= 15 is 0 Å². The van der Waals surface area contributed by atoms with Gasteiger partial charge in [0.05, 0.1) is 6.54 Å². The largest absolute Gasteiger partial charge is 0.454 e. The SMILES string of the molecule is O=C1NC(=O)[C@](Cc2ccc3c(c2)OCO3)(CN2C[C@@H]3C[C@@H](C2)c2cccc(=O)n2C3)C(=O)N1Cc1ccccc1. The Hall–Kier alpha value is -4.44. The third-order valence-corrected chi connectivity index (χ3v) is 8.73. The lowest BCUT2D eigenvalue weighted by molar-refractivity contribution is -0.154. The van der Waals surface area contributed by atoms with Gasteiger partial charge in [0.1, 0.15) is 5.41 Å². The van der Waals surface area contributed by atoms with Gasteiger partial charge in [0.2, 0.25) is 18.6 Å². The molecule has 2 fully saturated rings. The summed E-state index contributed by atoms with van der Waals surface area (Å²) in [6.07, 6.45) is 1.04. The second-order valence-corrected chi connectivity index (χ2v) is 11.5. The van der Waals surface area contributed by atoms with Crippen LogP contribution in [0.15, 0.2) is 71.5 Å². The molecule has 2 aromatic carbocycles. The Morgan fingerprint density at radius 3 is 2.54 bits per heavy atom.